The molecule has 3 N–H and O–H groups in total. The molecule has 0 rings (SSSR count). The second kappa shape index (κ2) is 65.4. The van der Waals surface area contributed by atoms with E-state index in [1.807, 2.05) is 0 Å². The molecule has 0 aromatic carbocycles. The van der Waals surface area contributed by atoms with Gasteiger partial charge in [0.05, 0.1) is 26.4 Å². The Morgan fingerprint density at radius 2 is 0.505 bits per heavy atom. The Balaban J connectivity index is 5.19. The number of aliphatic hydroxyl groups excluding tert-OH is 1. The fraction of sp³-hybridized carbons (Fsp3) is 0.947. The first-order chi connectivity index (χ1) is 45.6. The maximum absolute atomic E-state index is 13.1. The van der Waals surface area contributed by atoms with Crippen LogP contribution in [-0.2, 0) is 65.4 Å². The summed E-state index contributed by atoms with van der Waals surface area (Å²) in [6.45, 7) is 14.2. The Bertz CT molecular complexity index is 1870. The second-order valence-electron chi connectivity index (χ2n) is 29.1. The molecule has 0 aromatic heterocycles. The topological polar surface area (TPSA) is 237 Å². The molecule has 0 amide bonds. The lowest BCUT2D eigenvalue weighted by Gasteiger charge is -2.21. The molecule has 4 unspecified atom stereocenters. The van der Waals surface area contributed by atoms with Gasteiger partial charge in [0.15, 0.2) is 12.2 Å². The number of hydrogen-bond acceptors (Lipinski definition) is 15. The van der Waals surface area contributed by atoms with Gasteiger partial charge in [0, 0.05) is 25.7 Å². The zero-order valence-electron chi connectivity index (χ0n) is 62.3. The molecular formula is C76H148O17P2. The highest BCUT2D eigenvalue weighted by Crippen LogP contribution is 2.45. The van der Waals surface area contributed by atoms with Gasteiger partial charge in [-0.2, -0.15) is 0 Å². The molecule has 0 aliphatic rings. The van der Waals surface area contributed by atoms with E-state index in [1.165, 1.54) is 180 Å². The third-order valence-electron chi connectivity index (χ3n) is 17.9. The summed E-state index contributed by atoms with van der Waals surface area (Å²) in [6, 6.07) is 0. The zero-order valence-corrected chi connectivity index (χ0v) is 64.1. The summed E-state index contributed by atoms with van der Waals surface area (Å²) in [7, 11) is -9.91. The fourth-order valence-corrected chi connectivity index (χ4v) is 13.1. The van der Waals surface area contributed by atoms with E-state index in [0.717, 1.165) is 108 Å². The summed E-state index contributed by atoms with van der Waals surface area (Å²) in [5, 5.41) is 10.6. The summed E-state index contributed by atoms with van der Waals surface area (Å²) in [6.07, 6.45) is 50.1. The van der Waals surface area contributed by atoms with Gasteiger partial charge < -0.3 is 33.8 Å². The SMILES string of the molecule is CCC(C)CCCCCCCCCCCCCCCCC(=O)OC[C@H](COP(=O)(O)OCC(O)COP(=O)(O)OC[C@@H](COC(=O)CCCCCCCCCC(C)C)OC(=O)CCCCCCCCCCCCCCCCC(C)C)OC(=O)CCCCCCCCCC(C)C. The summed E-state index contributed by atoms with van der Waals surface area (Å²) < 4.78 is 68.5. The minimum atomic E-state index is -4.96. The minimum absolute atomic E-state index is 0.103. The van der Waals surface area contributed by atoms with Crippen molar-refractivity contribution in [3.05, 3.63) is 0 Å². The minimum Gasteiger partial charge on any atom is -0.462 e. The monoisotopic (exact) mass is 1400 g/mol. The van der Waals surface area contributed by atoms with Gasteiger partial charge in [0.2, 0.25) is 0 Å². The van der Waals surface area contributed by atoms with Gasteiger partial charge in [-0.05, 0) is 49.4 Å². The largest absolute Gasteiger partial charge is 0.472 e. The van der Waals surface area contributed by atoms with Crippen LogP contribution in [0.25, 0.3) is 0 Å². The molecule has 0 bridgehead atoms. The van der Waals surface area contributed by atoms with Crippen LogP contribution >= 0.6 is 15.6 Å². The number of ether oxygens (including phenoxy) is 4. The molecule has 17 nitrogen and oxygen atoms in total. The molecule has 0 fully saturated rings. The van der Waals surface area contributed by atoms with Crippen molar-refractivity contribution in [1.82, 2.24) is 0 Å². The predicted octanol–water partition coefficient (Wildman–Crippen LogP) is 22.0. The average Bonchev–Trinajstić information content (AvgIpc) is 2.41. The lowest BCUT2D eigenvalue weighted by molar-refractivity contribution is -0.161. The first kappa shape index (κ1) is 93.1. The van der Waals surface area contributed by atoms with Crippen LogP contribution < -0.4 is 0 Å². The van der Waals surface area contributed by atoms with Gasteiger partial charge in [0.1, 0.15) is 19.3 Å². The van der Waals surface area contributed by atoms with Crippen LogP contribution in [0.3, 0.4) is 0 Å². The molecule has 0 spiro atoms. The Kier molecular flexibility index (Phi) is 64.0. The van der Waals surface area contributed by atoms with Gasteiger partial charge in [0.25, 0.3) is 0 Å². The van der Waals surface area contributed by atoms with Crippen molar-refractivity contribution in [3.8, 4) is 0 Å². The van der Waals surface area contributed by atoms with E-state index in [2.05, 4.69) is 55.4 Å². The Morgan fingerprint density at radius 3 is 0.747 bits per heavy atom. The summed E-state index contributed by atoms with van der Waals surface area (Å²) in [5.74, 6) is 0.922. The van der Waals surface area contributed by atoms with Crippen LogP contribution in [0.2, 0.25) is 0 Å². The number of carbonyl (C=O) groups is 4. The molecule has 0 saturated heterocycles. The third kappa shape index (κ3) is 69.0. The molecule has 0 aliphatic carbocycles. The van der Waals surface area contributed by atoms with E-state index in [1.54, 1.807) is 0 Å². The molecule has 0 saturated carbocycles. The van der Waals surface area contributed by atoms with Gasteiger partial charge in [-0.25, -0.2) is 9.13 Å². The molecule has 95 heavy (non-hydrogen) atoms. The van der Waals surface area contributed by atoms with E-state index < -0.39 is 97.5 Å². The third-order valence-corrected chi connectivity index (χ3v) is 19.8. The van der Waals surface area contributed by atoms with E-state index in [0.29, 0.717) is 37.5 Å². The second-order valence-corrected chi connectivity index (χ2v) is 32.0. The fourth-order valence-electron chi connectivity index (χ4n) is 11.5. The molecule has 564 valence electrons. The number of esters is 4. The van der Waals surface area contributed by atoms with Crippen LogP contribution in [0.5, 0.6) is 0 Å². The summed E-state index contributed by atoms with van der Waals surface area (Å²) in [4.78, 5) is 72.7. The van der Waals surface area contributed by atoms with Crippen LogP contribution in [0.4, 0.5) is 0 Å². The Labute approximate surface area is 581 Å². The molecule has 0 radical (unpaired) electrons. The van der Waals surface area contributed by atoms with Crippen molar-refractivity contribution < 1.29 is 80.2 Å². The Hall–Kier alpha value is -1.94. The van der Waals surface area contributed by atoms with Crippen molar-refractivity contribution >= 4 is 39.5 Å². The average molecular weight is 1400 g/mol. The molecule has 19 heteroatoms. The number of aliphatic hydroxyl groups is 1. The van der Waals surface area contributed by atoms with Gasteiger partial charge in [-0.1, -0.05) is 331 Å². The smallest absolute Gasteiger partial charge is 0.462 e. The van der Waals surface area contributed by atoms with Crippen LogP contribution in [0.1, 0.15) is 383 Å². The van der Waals surface area contributed by atoms with Crippen molar-refractivity contribution in [2.24, 2.45) is 23.7 Å². The first-order valence-electron chi connectivity index (χ1n) is 39.2. The highest BCUT2D eigenvalue weighted by molar-refractivity contribution is 7.47. The molecule has 0 aromatic rings. The van der Waals surface area contributed by atoms with E-state index in [-0.39, 0.29) is 25.7 Å². The normalized spacial score (nSPS) is 14.4. The molecule has 0 heterocycles. The van der Waals surface area contributed by atoms with Crippen molar-refractivity contribution in [2.75, 3.05) is 39.6 Å². The van der Waals surface area contributed by atoms with Crippen molar-refractivity contribution in [2.45, 2.75) is 401 Å². The zero-order chi connectivity index (χ0) is 70.3. The van der Waals surface area contributed by atoms with Gasteiger partial charge >= 0.3 is 39.5 Å². The van der Waals surface area contributed by atoms with Crippen molar-refractivity contribution in [3.63, 3.8) is 0 Å². The van der Waals surface area contributed by atoms with Crippen LogP contribution in [-0.4, -0.2) is 96.7 Å². The number of rotatable bonds is 73. The highest BCUT2D eigenvalue weighted by Gasteiger charge is 2.30. The first-order valence-corrected chi connectivity index (χ1v) is 42.2. The van der Waals surface area contributed by atoms with Crippen LogP contribution in [0.15, 0.2) is 0 Å². The molecule has 6 atom stereocenters. The standard InChI is InChI=1S/C76H148O17P2/c1-9-69(8)55-47-39-31-23-19-15-11-13-16-20-24-32-40-48-56-73(78)86-62-72(93-76(81)59-51-43-35-27-30-38-46-54-68(6)7)65-91-95(84,85)89-61-70(77)60-88-94(82,83)90-64-71(63-87-74(79)57-49-41-34-26-29-37-45-53-67(4)5)92-75(80)58-50-42-33-25-21-17-12-10-14-18-22-28-36-44-52-66(2)3/h66-72,77H,9-65H2,1-8H3,(H,82,83)(H,84,85)/t69?,70?,71-,72-/m1/s1. The number of phosphoric ester groups is 2. The lowest BCUT2D eigenvalue weighted by atomic mass is 9.99. The number of phosphoric acid groups is 2. The highest BCUT2D eigenvalue weighted by atomic mass is 31.2. The van der Waals surface area contributed by atoms with Crippen molar-refractivity contribution in [1.29, 1.82) is 0 Å². The van der Waals surface area contributed by atoms with Gasteiger partial charge in [-0.15, -0.1) is 0 Å². The quantitative estimate of drug-likeness (QED) is 0.0222. The predicted molar refractivity (Wildman–Crippen MR) is 386 cm³/mol. The molecule has 0 aliphatic heterocycles. The maximum Gasteiger partial charge on any atom is 0.472 e. The number of hydrogen-bond donors (Lipinski definition) is 3. The number of carbonyl (C=O) groups excluding carboxylic acids is 4. The number of unbranched alkanes of at least 4 members (excludes halogenated alkanes) is 38. The van der Waals surface area contributed by atoms with E-state index in [4.69, 9.17) is 37.0 Å². The van der Waals surface area contributed by atoms with Gasteiger partial charge in [-0.3, -0.25) is 37.3 Å². The van der Waals surface area contributed by atoms with E-state index in [9.17, 15) is 43.2 Å². The van der Waals surface area contributed by atoms with E-state index >= 15 is 0 Å². The Morgan fingerprint density at radius 1 is 0.295 bits per heavy atom. The summed E-state index contributed by atoms with van der Waals surface area (Å²) in [5.41, 5.74) is 0. The summed E-state index contributed by atoms with van der Waals surface area (Å²) >= 11 is 0. The van der Waals surface area contributed by atoms with Crippen LogP contribution in [0, 0.1) is 23.7 Å². The molecular weight excluding hydrogens is 1250 g/mol. The lowest BCUT2D eigenvalue weighted by Crippen LogP contribution is -2.30. The maximum atomic E-state index is 13.1.